The van der Waals surface area contributed by atoms with Crippen LogP contribution in [0.25, 0.3) is 5.95 Å². The smallest absolute Gasteiger partial charge is 0.255 e. The first-order chi connectivity index (χ1) is 12.4. The third-order valence-corrected chi connectivity index (χ3v) is 4.96. The Labute approximate surface area is 152 Å². The van der Waals surface area contributed by atoms with Crippen LogP contribution in [0, 0.1) is 26.7 Å². The molecule has 2 aromatic rings. The van der Waals surface area contributed by atoms with Crippen molar-refractivity contribution in [1.29, 1.82) is 0 Å². The van der Waals surface area contributed by atoms with Gasteiger partial charge in [-0.25, -0.2) is 4.98 Å². The molecule has 1 aliphatic rings. The molecule has 0 aromatic carbocycles. The second-order valence-corrected chi connectivity index (χ2v) is 6.65. The normalized spacial score (nSPS) is 15.2. The van der Waals surface area contributed by atoms with Crippen LogP contribution in [-0.2, 0) is 16.0 Å². The molecule has 1 saturated heterocycles. The number of hydrogen-bond donors (Lipinski definition) is 2. The summed E-state index contributed by atoms with van der Waals surface area (Å²) in [5.41, 5.74) is 2.76. The van der Waals surface area contributed by atoms with Gasteiger partial charge in [-0.1, -0.05) is 6.92 Å². The number of hydrogen-bond acceptors (Lipinski definition) is 5. The molecule has 140 valence electrons. The standard InChI is InChI=1S/C18H25N5O3/c1-5-14-12(4)19-18(21-17(14)25)23-15(10(2)11(3)22-23)20-16(24)13-6-8-26-9-7-13/h13H,5-9H2,1-4H3,(H,20,24)(H,19,21,25). The lowest BCUT2D eigenvalue weighted by Gasteiger charge is -2.21. The van der Waals surface area contributed by atoms with Gasteiger partial charge in [0, 0.05) is 36.0 Å². The van der Waals surface area contributed by atoms with E-state index in [-0.39, 0.29) is 17.4 Å². The van der Waals surface area contributed by atoms with Gasteiger partial charge in [-0.15, -0.1) is 0 Å². The minimum absolute atomic E-state index is 0.0539. The van der Waals surface area contributed by atoms with Crippen LogP contribution in [0.2, 0.25) is 0 Å². The number of carbonyl (C=O) groups excluding carboxylic acids is 1. The van der Waals surface area contributed by atoms with E-state index in [9.17, 15) is 9.59 Å². The van der Waals surface area contributed by atoms with Gasteiger partial charge in [0.25, 0.3) is 5.56 Å². The molecular formula is C18H25N5O3. The number of aryl methyl sites for hydroxylation is 2. The van der Waals surface area contributed by atoms with Crippen molar-refractivity contribution in [3.63, 3.8) is 0 Å². The molecule has 1 amide bonds. The molecule has 0 atom stereocenters. The number of amides is 1. The van der Waals surface area contributed by atoms with Gasteiger partial charge in [0.05, 0.1) is 5.69 Å². The Morgan fingerprint density at radius 2 is 1.96 bits per heavy atom. The average molecular weight is 359 g/mol. The lowest BCUT2D eigenvalue weighted by atomic mass is 9.99. The third-order valence-electron chi connectivity index (χ3n) is 4.96. The lowest BCUT2D eigenvalue weighted by Crippen LogP contribution is -2.30. The number of H-pyrrole nitrogens is 1. The first-order valence-corrected chi connectivity index (χ1v) is 8.97. The summed E-state index contributed by atoms with van der Waals surface area (Å²) < 4.78 is 6.83. The quantitative estimate of drug-likeness (QED) is 0.867. The summed E-state index contributed by atoms with van der Waals surface area (Å²) in [4.78, 5) is 32.2. The zero-order chi connectivity index (χ0) is 18.8. The van der Waals surface area contributed by atoms with Crippen LogP contribution < -0.4 is 10.9 Å². The van der Waals surface area contributed by atoms with Crippen molar-refractivity contribution in [3.05, 3.63) is 32.9 Å². The van der Waals surface area contributed by atoms with Gasteiger partial charge in [0.1, 0.15) is 5.82 Å². The molecule has 0 unspecified atom stereocenters. The van der Waals surface area contributed by atoms with Crippen molar-refractivity contribution in [2.45, 2.75) is 47.0 Å². The molecule has 0 radical (unpaired) electrons. The van der Waals surface area contributed by atoms with Crippen LogP contribution in [-0.4, -0.2) is 38.9 Å². The van der Waals surface area contributed by atoms with Crippen molar-refractivity contribution < 1.29 is 9.53 Å². The molecule has 0 bridgehead atoms. The van der Waals surface area contributed by atoms with Crippen LogP contribution in [0.15, 0.2) is 4.79 Å². The lowest BCUT2D eigenvalue weighted by molar-refractivity contribution is -0.122. The predicted octanol–water partition coefficient (Wildman–Crippen LogP) is 1.81. The summed E-state index contributed by atoms with van der Waals surface area (Å²) in [5, 5.41) is 7.44. The first kappa shape index (κ1) is 18.3. The van der Waals surface area contributed by atoms with Crippen molar-refractivity contribution in [2.75, 3.05) is 18.5 Å². The predicted molar refractivity (Wildman–Crippen MR) is 97.7 cm³/mol. The van der Waals surface area contributed by atoms with E-state index in [1.165, 1.54) is 4.68 Å². The minimum atomic E-state index is -0.178. The fourth-order valence-electron chi connectivity index (χ4n) is 3.20. The number of anilines is 1. The number of nitrogens with one attached hydrogen (secondary N) is 2. The second-order valence-electron chi connectivity index (χ2n) is 6.65. The Bertz CT molecular complexity index is 878. The topological polar surface area (TPSA) is 102 Å². The molecule has 0 aliphatic carbocycles. The SMILES string of the molecule is CCc1c(C)nc(-n2nc(C)c(C)c2NC(=O)C2CCOCC2)[nH]c1=O. The van der Waals surface area contributed by atoms with Crippen LogP contribution in [0.1, 0.15) is 42.3 Å². The fourth-order valence-corrected chi connectivity index (χ4v) is 3.20. The number of nitrogens with zero attached hydrogens (tertiary/aromatic N) is 3. The van der Waals surface area contributed by atoms with E-state index in [1.807, 2.05) is 20.8 Å². The van der Waals surface area contributed by atoms with E-state index >= 15 is 0 Å². The Hall–Kier alpha value is -2.48. The van der Waals surface area contributed by atoms with Gasteiger partial charge < -0.3 is 10.1 Å². The van der Waals surface area contributed by atoms with E-state index in [4.69, 9.17) is 4.74 Å². The Morgan fingerprint density at radius 1 is 1.27 bits per heavy atom. The van der Waals surface area contributed by atoms with Crippen molar-refractivity contribution in [3.8, 4) is 5.95 Å². The second kappa shape index (κ2) is 7.41. The molecule has 1 aliphatic heterocycles. The van der Waals surface area contributed by atoms with E-state index in [0.717, 1.165) is 11.3 Å². The fraction of sp³-hybridized carbons (Fsp3) is 0.556. The maximum Gasteiger partial charge on any atom is 0.255 e. The maximum atomic E-state index is 12.6. The van der Waals surface area contributed by atoms with Crippen LogP contribution in [0.3, 0.4) is 0 Å². The number of aromatic amines is 1. The Balaban J connectivity index is 1.98. The van der Waals surface area contributed by atoms with Crippen molar-refractivity contribution >= 4 is 11.7 Å². The van der Waals surface area contributed by atoms with Crippen molar-refractivity contribution in [2.24, 2.45) is 5.92 Å². The molecule has 2 aromatic heterocycles. The van der Waals surface area contributed by atoms with Gasteiger partial charge >= 0.3 is 0 Å². The summed E-state index contributed by atoms with van der Waals surface area (Å²) >= 11 is 0. The molecule has 8 heteroatoms. The highest BCUT2D eigenvalue weighted by molar-refractivity contribution is 5.92. The molecule has 3 heterocycles. The summed E-state index contributed by atoms with van der Waals surface area (Å²) in [6.45, 7) is 8.68. The van der Waals surface area contributed by atoms with E-state index < -0.39 is 0 Å². The Morgan fingerprint density at radius 3 is 2.58 bits per heavy atom. The molecule has 1 fully saturated rings. The van der Waals surface area contributed by atoms with Gasteiger partial charge in [-0.05, 0) is 40.0 Å². The highest BCUT2D eigenvalue weighted by atomic mass is 16.5. The van der Waals surface area contributed by atoms with Crippen LogP contribution in [0.4, 0.5) is 5.82 Å². The highest BCUT2D eigenvalue weighted by Crippen LogP contribution is 2.23. The van der Waals surface area contributed by atoms with E-state index in [0.29, 0.717) is 55.5 Å². The average Bonchev–Trinajstić information content (AvgIpc) is 2.90. The molecule has 8 nitrogen and oxygen atoms in total. The zero-order valence-corrected chi connectivity index (χ0v) is 15.7. The maximum absolute atomic E-state index is 12.6. The highest BCUT2D eigenvalue weighted by Gasteiger charge is 2.25. The molecule has 2 N–H and O–H groups in total. The molecule has 26 heavy (non-hydrogen) atoms. The van der Waals surface area contributed by atoms with E-state index in [2.05, 4.69) is 20.4 Å². The number of carbonyl (C=O) groups is 1. The summed E-state index contributed by atoms with van der Waals surface area (Å²) in [7, 11) is 0. The third kappa shape index (κ3) is 3.41. The molecular weight excluding hydrogens is 334 g/mol. The zero-order valence-electron chi connectivity index (χ0n) is 15.7. The molecule has 0 saturated carbocycles. The monoisotopic (exact) mass is 359 g/mol. The van der Waals surface area contributed by atoms with Gasteiger partial charge in [-0.2, -0.15) is 9.78 Å². The number of rotatable bonds is 4. The number of ether oxygens (including phenoxy) is 1. The Kier molecular flexibility index (Phi) is 5.22. The minimum Gasteiger partial charge on any atom is -0.381 e. The molecule has 0 spiro atoms. The van der Waals surface area contributed by atoms with Crippen LogP contribution >= 0.6 is 0 Å². The summed E-state index contributed by atoms with van der Waals surface area (Å²) in [6.07, 6.45) is 2.02. The number of aromatic nitrogens is 4. The summed E-state index contributed by atoms with van der Waals surface area (Å²) in [6, 6.07) is 0. The molecule has 3 rings (SSSR count). The van der Waals surface area contributed by atoms with E-state index in [1.54, 1.807) is 6.92 Å². The summed E-state index contributed by atoms with van der Waals surface area (Å²) in [5.74, 6) is 0.721. The van der Waals surface area contributed by atoms with Crippen molar-refractivity contribution in [1.82, 2.24) is 19.7 Å². The first-order valence-electron chi connectivity index (χ1n) is 8.97. The van der Waals surface area contributed by atoms with Gasteiger partial charge in [0.2, 0.25) is 11.9 Å². The van der Waals surface area contributed by atoms with Gasteiger partial charge in [-0.3, -0.25) is 14.6 Å². The van der Waals surface area contributed by atoms with Gasteiger partial charge in [0.15, 0.2) is 0 Å². The largest absolute Gasteiger partial charge is 0.381 e. The van der Waals surface area contributed by atoms with Crippen LogP contribution in [0.5, 0.6) is 0 Å².